The summed E-state index contributed by atoms with van der Waals surface area (Å²) in [7, 11) is 0. The summed E-state index contributed by atoms with van der Waals surface area (Å²) in [5, 5.41) is 7.81. The number of hydrogen-bond acceptors (Lipinski definition) is 1. The van der Waals surface area contributed by atoms with Gasteiger partial charge in [-0.3, -0.25) is 0 Å². The van der Waals surface area contributed by atoms with Crippen molar-refractivity contribution in [1.82, 2.24) is 0 Å². The van der Waals surface area contributed by atoms with Gasteiger partial charge in [-0.15, -0.1) is 0 Å². The van der Waals surface area contributed by atoms with Crippen molar-refractivity contribution in [3.63, 3.8) is 0 Å². The third-order valence-corrected chi connectivity index (χ3v) is 2.15. The van der Waals surface area contributed by atoms with Crippen molar-refractivity contribution in [3.8, 4) is 0 Å². The molecule has 1 rings (SSSR count). The Morgan fingerprint density at radius 2 is 1.85 bits per heavy atom. The summed E-state index contributed by atoms with van der Waals surface area (Å²) in [4.78, 5) is 0. The van der Waals surface area contributed by atoms with Crippen LogP contribution in [0.2, 0.25) is 0 Å². The van der Waals surface area contributed by atoms with E-state index in [4.69, 9.17) is 5.41 Å². The Labute approximate surface area is 80.3 Å². The minimum Gasteiger partial charge on any atom is -0.305 e. The normalized spacial score (nSPS) is 9.92. The third kappa shape index (κ3) is 3.41. The van der Waals surface area contributed by atoms with E-state index in [9.17, 15) is 0 Å². The second kappa shape index (κ2) is 5.52. The van der Waals surface area contributed by atoms with Crippen LogP contribution in [0.25, 0.3) is 0 Å². The Balaban J connectivity index is 2.40. The Kier molecular flexibility index (Phi) is 4.24. The number of rotatable bonds is 5. The summed E-state index contributed by atoms with van der Waals surface area (Å²) in [6.45, 7) is 2.19. The van der Waals surface area contributed by atoms with E-state index in [1.807, 2.05) is 30.3 Å². The van der Waals surface area contributed by atoms with Crippen molar-refractivity contribution >= 4 is 5.71 Å². The van der Waals surface area contributed by atoms with Crippen LogP contribution in [0.3, 0.4) is 0 Å². The Morgan fingerprint density at radius 3 is 2.46 bits per heavy atom. The molecule has 0 aromatic heterocycles. The first-order valence-electron chi connectivity index (χ1n) is 4.97. The molecule has 0 fully saturated rings. The van der Waals surface area contributed by atoms with Gasteiger partial charge in [-0.2, -0.15) is 0 Å². The van der Waals surface area contributed by atoms with Crippen LogP contribution in [-0.4, -0.2) is 5.71 Å². The summed E-state index contributed by atoms with van der Waals surface area (Å²) in [6.07, 6.45) is 4.51. The van der Waals surface area contributed by atoms with E-state index in [0.29, 0.717) is 0 Å². The van der Waals surface area contributed by atoms with Crippen molar-refractivity contribution in [2.75, 3.05) is 0 Å². The van der Waals surface area contributed by atoms with Gasteiger partial charge >= 0.3 is 0 Å². The number of nitrogens with one attached hydrogen (secondary N) is 1. The van der Waals surface area contributed by atoms with Crippen molar-refractivity contribution in [2.45, 2.75) is 32.6 Å². The molecule has 0 radical (unpaired) electrons. The minimum absolute atomic E-state index is 0.772. The highest BCUT2D eigenvalue weighted by molar-refractivity contribution is 5.98. The quantitative estimate of drug-likeness (QED) is 0.522. The highest BCUT2D eigenvalue weighted by Gasteiger charge is 1.98. The predicted molar refractivity (Wildman–Crippen MR) is 57.4 cm³/mol. The smallest absolute Gasteiger partial charge is 0.0386 e. The second-order valence-electron chi connectivity index (χ2n) is 3.30. The van der Waals surface area contributed by atoms with Crippen LogP contribution in [0.15, 0.2) is 30.3 Å². The topological polar surface area (TPSA) is 23.9 Å². The molecule has 1 heteroatoms. The molecule has 0 amide bonds. The largest absolute Gasteiger partial charge is 0.305 e. The van der Waals surface area contributed by atoms with Crippen LogP contribution in [0.4, 0.5) is 0 Å². The maximum Gasteiger partial charge on any atom is 0.0386 e. The number of hydrogen-bond donors (Lipinski definition) is 1. The molecule has 0 atom stereocenters. The molecule has 0 aliphatic rings. The molecule has 0 saturated heterocycles. The lowest BCUT2D eigenvalue weighted by molar-refractivity contribution is 0.741. The zero-order chi connectivity index (χ0) is 9.52. The lowest BCUT2D eigenvalue weighted by atomic mass is 10.0. The van der Waals surface area contributed by atoms with E-state index in [-0.39, 0.29) is 0 Å². The number of unbranched alkanes of at least 4 members (excludes halogenated alkanes) is 2. The molecule has 0 saturated carbocycles. The molecule has 0 bridgehead atoms. The molecule has 1 aromatic carbocycles. The van der Waals surface area contributed by atoms with E-state index < -0.39 is 0 Å². The van der Waals surface area contributed by atoms with Gasteiger partial charge in [0.05, 0.1) is 0 Å². The predicted octanol–water partition coefficient (Wildman–Crippen LogP) is 3.63. The van der Waals surface area contributed by atoms with Gasteiger partial charge < -0.3 is 5.41 Å². The van der Waals surface area contributed by atoms with Gasteiger partial charge in [-0.1, -0.05) is 50.1 Å². The molecule has 1 nitrogen and oxygen atoms in total. The molecule has 70 valence electrons. The van der Waals surface area contributed by atoms with Crippen LogP contribution < -0.4 is 0 Å². The molecule has 0 unspecified atom stereocenters. The van der Waals surface area contributed by atoms with Crippen LogP contribution in [-0.2, 0) is 0 Å². The fraction of sp³-hybridized carbons (Fsp3) is 0.417. The van der Waals surface area contributed by atoms with E-state index in [1.165, 1.54) is 12.8 Å². The van der Waals surface area contributed by atoms with Crippen LogP contribution in [0.5, 0.6) is 0 Å². The zero-order valence-corrected chi connectivity index (χ0v) is 8.22. The van der Waals surface area contributed by atoms with Gasteiger partial charge in [0.2, 0.25) is 0 Å². The Morgan fingerprint density at radius 1 is 1.15 bits per heavy atom. The minimum atomic E-state index is 0.772. The third-order valence-electron chi connectivity index (χ3n) is 2.15. The second-order valence-corrected chi connectivity index (χ2v) is 3.30. The molecule has 0 aliphatic carbocycles. The van der Waals surface area contributed by atoms with E-state index >= 15 is 0 Å². The molecule has 0 aliphatic heterocycles. The summed E-state index contributed by atoms with van der Waals surface area (Å²) < 4.78 is 0. The lowest BCUT2D eigenvalue weighted by Gasteiger charge is -2.02. The first-order valence-corrected chi connectivity index (χ1v) is 4.97. The van der Waals surface area contributed by atoms with Gasteiger partial charge in [0.1, 0.15) is 0 Å². The standard InChI is InChI=1S/C12H17N/c1-2-3-5-10-12(13)11-8-6-4-7-9-11/h4,6-9,13H,2-3,5,10H2,1H3. The molecule has 1 N–H and O–H groups in total. The zero-order valence-electron chi connectivity index (χ0n) is 8.22. The Hall–Kier alpha value is -1.11. The first-order chi connectivity index (χ1) is 6.34. The highest BCUT2D eigenvalue weighted by atomic mass is 14.4. The van der Waals surface area contributed by atoms with Crippen molar-refractivity contribution in [1.29, 1.82) is 5.41 Å². The summed E-state index contributed by atoms with van der Waals surface area (Å²) in [5.74, 6) is 0. The average molecular weight is 175 g/mol. The van der Waals surface area contributed by atoms with Crippen LogP contribution >= 0.6 is 0 Å². The fourth-order valence-electron chi connectivity index (χ4n) is 1.34. The van der Waals surface area contributed by atoms with Gasteiger partial charge in [0.15, 0.2) is 0 Å². The van der Waals surface area contributed by atoms with Crippen LogP contribution in [0, 0.1) is 5.41 Å². The van der Waals surface area contributed by atoms with Gasteiger partial charge in [0.25, 0.3) is 0 Å². The summed E-state index contributed by atoms with van der Waals surface area (Å²) in [5.41, 5.74) is 1.84. The lowest BCUT2D eigenvalue weighted by Crippen LogP contribution is -1.97. The van der Waals surface area contributed by atoms with E-state index in [1.54, 1.807) is 0 Å². The SMILES string of the molecule is CCCCCC(=N)c1ccccc1. The fourth-order valence-corrected chi connectivity index (χ4v) is 1.34. The molecule has 0 spiro atoms. The highest BCUT2D eigenvalue weighted by Crippen LogP contribution is 2.07. The van der Waals surface area contributed by atoms with E-state index in [0.717, 1.165) is 24.1 Å². The molecular weight excluding hydrogens is 158 g/mol. The summed E-state index contributed by atoms with van der Waals surface area (Å²) in [6, 6.07) is 9.98. The Bertz CT molecular complexity index is 251. The van der Waals surface area contributed by atoms with Crippen molar-refractivity contribution in [3.05, 3.63) is 35.9 Å². The van der Waals surface area contributed by atoms with Gasteiger partial charge in [-0.05, 0) is 18.4 Å². The number of benzene rings is 1. The first kappa shape index (κ1) is 9.97. The van der Waals surface area contributed by atoms with Crippen molar-refractivity contribution in [2.24, 2.45) is 0 Å². The monoisotopic (exact) mass is 175 g/mol. The summed E-state index contributed by atoms with van der Waals surface area (Å²) >= 11 is 0. The van der Waals surface area contributed by atoms with Crippen molar-refractivity contribution < 1.29 is 0 Å². The van der Waals surface area contributed by atoms with Gasteiger partial charge in [-0.25, -0.2) is 0 Å². The molecule has 0 heterocycles. The van der Waals surface area contributed by atoms with Gasteiger partial charge in [0, 0.05) is 5.71 Å². The molecule has 13 heavy (non-hydrogen) atoms. The van der Waals surface area contributed by atoms with E-state index in [2.05, 4.69) is 6.92 Å². The molecular formula is C12H17N. The molecule has 1 aromatic rings. The average Bonchev–Trinajstić information content (AvgIpc) is 2.19. The van der Waals surface area contributed by atoms with Crippen LogP contribution in [0.1, 0.15) is 38.2 Å². The maximum absolute atomic E-state index is 7.81. The maximum atomic E-state index is 7.81.